The zero-order valence-electron chi connectivity index (χ0n) is 14.1. The lowest BCUT2D eigenvalue weighted by Crippen LogP contribution is -2.22. The van der Waals surface area contributed by atoms with Crippen molar-refractivity contribution in [1.82, 2.24) is 4.90 Å². The predicted octanol–water partition coefficient (Wildman–Crippen LogP) is 3.35. The summed E-state index contributed by atoms with van der Waals surface area (Å²) in [6.07, 6.45) is -0.726. The fourth-order valence-corrected chi connectivity index (χ4v) is 3.05. The number of hydrogen-bond acceptors (Lipinski definition) is 4. The van der Waals surface area contributed by atoms with E-state index in [1.807, 2.05) is 61.3 Å². The van der Waals surface area contributed by atoms with Crippen molar-refractivity contribution < 1.29 is 14.9 Å². The lowest BCUT2D eigenvalue weighted by Gasteiger charge is -2.21. The molecule has 4 nitrogen and oxygen atoms in total. The molecule has 0 aliphatic rings. The van der Waals surface area contributed by atoms with E-state index < -0.39 is 6.10 Å². The van der Waals surface area contributed by atoms with E-state index in [-0.39, 0.29) is 6.61 Å². The van der Waals surface area contributed by atoms with Crippen molar-refractivity contribution >= 4 is 15.9 Å². The lowest BCUT2D eigenvalue weighted by molar-refractivity contribution is 0.206. The van der Waals surface area contributed by atoms with Gasteiger partial charge < -0.3 is 14.9 Å². The van der Waals surface area contributed by atoms with Gasteiger partial charge >= 0.3 is 0 Å². The Morgan fingerprint density at radius 3 is 2.71 bits per heavy atom. The van der Waals surface area contributed by atoms with Crippen molar-refractivity contribution in [3.05, 3.63) is 63.6 Å². The Morgan fingerprint density at radius 1 is 1.21 bits per heavy atom. The Morgan fingerprint density at radius 2 is 2.00 bits per heavy atom. The van der Waals surface area contributed by atoms with Crippen molar-refractivity contribution in [2.24, 2.45) is 0 Å². The van der Waals surface area contributed by atoms with Crippen molar-refractivity contribution in [2.75, 3.05) is 26.8 Å². The standard InChI is InChI=1S/C19H24BrNO3/c1-3-24-17-6-4-5-14(12-17)19(23)18-8-7-16(20)11-15(18)13-21(2)9-10-22/h4-8,11-12,19,22-23H,3,9-10,13H2,1-2H3. The zero-order valence-corrected chi connectivity index (χ0v) is 15.7. The molecule has 0 amide bonds. The summed E-state index contributed by atoms with van der Waals surface area (Å²) in [7, 11) is 1.95. The van der Waals surface area contributed by atoms with Crippen LogP contribution in [0.1, 0.15) is 29.7 Å². The van der Waals surface area contributed by atoms with E-state index in [9.17, 15) is 5.11 Å². The number of nitrogens with zero attached hydrogens (tertiary/aromatic N) is 1. The number of hydrogen-bond donors (Lipinski definition) is 2. The van der Waals surface area contributed by atoms with Crippen LogP contribution in [0.3, 0.4) is 0 Å². The van der Waals surface area contributed by atoms with E-state index >= 15 is 0 Å². The van der Waals surface area contributed by atoms with Gasteiger partial charge in [0, 0.05) is 17.6 Å². The smallest absolute Gasteiger partial charge is 0.119 e. The van der Waals surface area contributed by atoms with Crippen LogP contribution in [0.15, 0.2) is 46.9 Å². The van der Waals surface area contributed by atoms with Crippen molar-refractivity contribution in [2.45, 2.75) is 19.6 Å². The molecule has 1 atom stereocenters. The third kappa shape index (κ3) is 5.05. The minimum atomic E-state index is -0.726. The summed E-state index contributed by atoms with van der Waals surface area (Å²) >= 11 is 3.49. The first-order chi connectivity index (χ1) is 11.5. The minimum absolute atomic E-state index is 0.110. The quantitative estimate of drug-likeness (QED) is 0.721. The topological polar surface area (TPSA) is 52.9 Å². The number of aliphatic hydroxyl groups excluding tert-OH is 2. The third-order valence-electron chi connectivity index (χ3n) is 3.81. The van der Waals surface area contributed by atoms with Crippen LogP contribution >= 0.6 is 15.9 Å². The van der Waals surface area contributed by atoms with E-state index in [0.717, 1.165) is 26.9 Å². The highest BCUT2D eigenvalue weighted by molar-refractivity contribution is 9.10. The van der Waals surface area contributed by atoms with Crippen LogP contribution in [0.2, 0.25) is 0 Å². The summed E-state index contributed by atoms with van der Waals surface area (Å²) in [5, 5.41) is 20.0. The summed E-state index contributed by atoms with van der Waals surface area (Å²) in [5.74, 6) is 0.755. The molecule has 0 radical (unpaired) electrons. The average molecular weight is 394 g/mol. The molecule has 1 unspecified atom stereocenters. The second kappa shape index (κ2) is 9.18. The monoisotopic (exact) mass is 393 g/mol. The number of likely N-dealkylation sites (N-methyl/N-ethyl adjacent to an activating group) is 1. The van der Waals surface area contributed by atoms with E-state index in [4.69, 9.17) is 9.84 Å². The van der Waals surface area contributed by atoms with Crippen LogP contribution in [0.5, 0.6) is 5.75 Å². The molecule has 2 aromatic carbocycles. The number of halogens is 1. The van der Waals surface area contributed by atoms with Crippen LogP contribution in [-0.4, -0.2) is 41.9 Å². The maximum atomic E-state index is 10.9. The summed E-state index contributed by atoms with van der Waals surface area (Å²) in [6.45, 7) is 3.88. The molecule has 0 aliphatic carbocycles. The molecule has 0 aliphatic heterocycles. The molecule has 0 aromatic heterocycles. The molecule has 0 bridgehead atoms. The van der Waals surface area contributed by atoms with Gasteiger partial charge in [-0.05, 0) is 54.9 Å². The zero-order chi connectivity index (χ0) is 17.5. The van der Waals surface area contributed by atoms with Crippen LogP contribution in [0.4, 0.5) is 0 Å². The predicted molar refractivity (Wildman–Crippen MR) is 99.2 cm³/mol. The van der Waals surface area contributed by atoms with E-state index in [1.165, 1.54) is 0 Å². The molecule has 2 aromatic rings. The van der Waals surface area contributed by atoms with Gasteiger partial charge in [-0.25, -0.2) is 0 Å². The Bertz CT molecular complexity index is 663. The van der Waals surface area contributed by atoms with Gasteiger partial charge in [0.05, 0.1) is 13.2 Å². The normalized spacial score (nSPS) is 12.4. The number of ether oxygens (including phenoxy) is 1. The fraction of sp³-hybridized carbons (Fsp3) is 0.368. The molecule has 5 heteroatoms. The largest absolute Gasteiger partial charge is 0.494 e. The Labute approximate surface area is 151 Å². The molecular formula is C19H24BrNO3. The Balaban J connectivity index is 2.31. The fourth-order valence-electron chi connectivity index (χ4n) is 2.64. The molecule has 0 spiro atoms. The van der Waals surface area contributed by atoms with E-state index in [0.29, 0.717) is 19.7 Å². The molecular weight excluding hydrogens is 370 g/mol. The maximum Gasteiger partial charge on any atom is 0.119 e. The lowest BCUT2D eigenvalue weighted by atomic mass is 9.96. The highest BCUT2D eigenvalue weighted by Gasteiger charge is 2.16. The van der Waals surface area contributed by atoms with Crippen LogP contribution < -0.4 is 4.74 Å². The first-order valence-corrected chi connectivity index (χ1v) is 8.83. The summed E-state index contributed by atoms with van der Waals surface area (Å²) < 4.78 is 6.49. The molecule has 0 heterocycles. The average Bonchev–Trinajstić information content (AvgIpc) is 2.55. The summed E-state index contributed by atoms with van der Waals surface area (Å²) in [6, 6.07) is 13.4. The van der Waals surface area contributed by atoms with Gasteiger partial charge in [-0.2, -0.15) is 0 Å². The first-order valence-electron chi connectivity index (χ1n) is 8.03. The second-order valence-corrected chi connectivity index (χ2v) is 6.63. The van der Waals surface area contributed by atoms with Gasteiger partial charge in [-0.15, -0.1) is 0 Å². The number of rotatable bonds is 8. The molecule has 24 heavy (non-hydrogen) atoms. The third-order valence-corrected chi connectivity index (χ3v) is 4.30. The first kappa shape index (κ1) is 18.9. The highest BCUT2D eigenvalue weighted by atomic mass is 79.9. The number of benzene rings is 2. The van der Waals surface area contributed by atoms with Gasteiger partial charge in [-0.3, -0.25) is 4.90 Å². The second-order valence-electron chi connectivity index (χ2n) is 5.71. The van der Waals surface area contributed by atoms with Crippen LogP contribution in [0, 0.1) is 0 Å². The van der Waals surface area contributed by atoms with Gasteiger partial charge in [0.15, 0.2) is 0 Å². The van der Waals surface area contributed by atoms with E-state index in [2.05, 4.69) is 15.9 Å². The molecule has 2 N–H and O–H groups in total. The van der Waals surface area contributed by atoms with Crippen molar-refractivity contribution in [1.29, 1.82) is 0 Å². The van der Waals surface area contributed by atoms with Crippen molar-refractivity contribution in [3.8, 4) is 5.75 Å². The van der Waals surface area contributed by atoms with Gasteiger partial charge in [0.2, 0.25) is 0 Å². The number of aliphatic hydroxyl groups is 2. The molecule has 0 saturated heterocycles. The highest BCUT2D eigenvalue weighted by Crippen LogP contribution is 2.30. The Kier molecular flexibility index (Phi) is 7.24. The molecule has 130 valence electrons. The molecule has 0 fully saturated rings. The maximum absolute atomic E-state index is 10.9. The summed E-state index contributed by atoms with van der Waals surface area (Å²) in [5.41, 5.74) is 2.68. The van der Waals surface area contributed by atoms with E-state index in [1.54, 1.807) is 0 Å². The van der Waals surface area contributed by atoms with Crippen molar-refractivity contribution in [3.63, 3.8) is 0 Å². The summed E-state index contributed by atoms with van der Waals surface area (Å²) in [4.78, 5) is 2.02. The van der Waals surface area contributed by atoms with Gasteiger partial charge in [0.1, 0.15) is 11.9 Å². The van der Waals surface area contributed by atoms with Gasteiger partial charge in [-0.1, -0.05) is 34.1 Å². The van der Waals surface area contributed by atoms with Crippen LogP contribution in [0.25, 0.3) is 0 Å². The molecule has 0 saturated carbocycles. The Hall–Kier alpha value is -1.40. The minimum Gasteiger partial charge on any atom is -0.494 e. The van der Waals surface area contributed by atoms with Crippen LogP contribution in [-0.2, 0) is 6.54 Å². The SMILES string of the molecule is CCOc1cccc(C(O)c2ccc(Br)cc2CN(C)CCO)c1. The van der Waals surface area contributed by atoms with Gasteiger partial charge in [0.25, 0.3) is 0 Å². The molecule has 2 rings (SSSR count).